The first-order valence-electron chi connectivity index (χ1n) is 8.87. The van der Waals surface area contributed by atoms with Gasteiger partial charge in [-0.05, 0) is 24.1 Å². The molecule has 0 aliphatic carbocycles. The summed E-state index contributed by atoms with van der Waals surface area (Å²) in [6.07, 6.45) is -1.39. The van der Waals surface area contributed by atoms with E-state index >= 15 is 0 Å². The van der Waals surface area contributed by atoms with Crippen molar-refractivity contribution in [2.24, 2.45) is 5.92 Å². The molecule has 3 unspecified atom stereocenters. The zero-order valence-corrected chi connectivity index (χ0v) is 16.4. The lowest BCUT2D eigenvalue weighted by Crippen LogP contribution is -2.31. The number of carbonyl (C=O) groups excluding carboxylic acids is 1. The molecular weight excluding hydrogens is 397 g/mol. The van der Waals surface area contributed by atoms with Gasteiger partial charge in [0.05, 0.1) is 5.92 Å². The van der Waals surface area contributed by atoms with E-state index in [1.54, 1.807) is 60.7 Å². The zero-order chi connectivity index (χ0) is 21.4. The predicted molar refractivity (Wildman–Crippen MR) is 106 cm³/mol. The average molecular weight is 419 g/mol. The molecule has 0 fully saturated rings. The predicted octanol–water partition coefficient (Wildman–Crippen LogP) is 2.95. The Morgan fingerprint density at radius 2 is 1.48 bits per heavy atom. The molecule has 0 aliphatic heterocycles. The summed E-state index contributed by atoms with van der Waals surface area (Å²) in [5.41, 5.74) is 0.638. The minimum absolute atomic E-state index is 0.286. The minimum atomic E-state index is -4.27. The molecule has 8 nitrogen and oxygen atoms in total. The van der Waals surface area contributed by atoms with Gasteiger partial charge >= 0.3 is 11.9 Å². The van der Waals surface area contributed by atoms with Crippen LogP contribution in [0.3, 0.4) is 0 Å². The zero-order valence-electron chi connectivity index (χ0n) is 15.5. The van der Waals surface area contributed by atoms with Crippen LogP contribution in [0.2, 0.25) is 0 Å². The Bertz CT molecular complexity index is 902. The molecule has 154 valence electrons. The highest BCUT2D eigenvalue weighted by atomic mass is 31.2. The van der Waals surface area contributed by atoms with Crippen LogP contribution in [0.1, 0.15) is 34.5 Å². The lowest BCUT2D eigenvalue weighted by atomic mass is 10.1. The van der Waals surface area contributed by atoms with Gasteiger partial charge in [-0.25, -0.2) is 0 Å². The number of nitrogens with one attached hydrogen (secondary N) is 1. The summed E-state index contributed by atoms with van der Waals surface area (Å²) in [7, 11) is -4.27. The Morgan fingerprint density at radius 3 is 2.00 bits per heavy atom. The fraction of sp³-hybridized carbons (Fsp3) is 0.250. The molecule has 0 spiro atoms. The van der Waals surface area contributed by atoms with E-state index in [1.165, 1.54) is 0 Å². The van der Waals surface area contributed by atoms with E-state index in [0.29, 0.717) is 5.56 Å². The summed E-state index contributed by atoms with van der Waals surface area (Å²) < 4.78 is 13.2. The van der Waals surface area contributed by atoms with Crippen molar-refractivity contribution >= 4 is 25.2 Å². The van der Waals surface area contributed by atoms with Crippen molar-refractivity contribution in [3.8, 4) is 0 Å². The Morgan fingerprint density at radius 1 is 0.931 bits per heavy atom. The summed E-state index contributed by atoms with van der Waals surface area (Å²) in [6.45, 7) is 0. The van der Waals surface area contributed by atoms with Crippen LogP contribution in [0.15, 0.2) is 60.7 Å². The number of carboxylic acids is 2. The molecule has 2 aromatic rings. The lowest BCUT2D eigenvalue weighted by molar-refractivity contribution is -0.142. The number of carboxylic acid groups (broad SMARTS) is 2. The Hall–Kier alpha value is -2.96. The van der Waals surface area contributed by atoms with Crippen molar-refractivity contribution in [1.29, 1.82) is 0 Å². The van der Waals surface area contributed by atoms with E-state index in [2.05, 4.69) is 5.32 Å². The molecule has 0 aromatic heterocycles. The van der Waals surface area contributed by atoms with Crippen molar-refractivity contribution in [3.63, 3.8) is 0 Å². The quantitative estimate of drug-likeness (QED) is 0.434. The molecule has 9 heteroatoms. The molecule has 1 amide bonds. The molecule has 4 N–H and O–H groups in total. The highest BCUT2D eigenvalue weighted by Crippen LogP contribution is 2.55. The molecule has 0 saturated carbocycles. The van der Waals surface area contributed by atoms with Crippen LogP contribution in [0, 0.1) is 5.92 Å². The highest BCUT2D eigenvalue weighted by molar-refractivity contribution is 7.58. The van der Waals surface area contributed by atoms with Gasteiger partial charge in [-0.2, -0.15) is 0 Å². The van der Waals surface area contributed by atoms with Crippen molar-refractivity contribution in [1.82, 2.24) is 5.32 Å². The summed E-state index contributed by atoms with van der Waals surface area (Å²) in [5, 5.41) is 20.7. The second kappa shape index (κ2) is 10.0. The normalized spacial score (nSPS) is 14.9. The topological polar surface area (TPSA) is 141 Å². The maximum atomic E-state index is 13.2. The SMILES string of the molecule is O=C(O)CCC(CP(=O)(O)C(NC(=O)c1ccccc1)c1ccccc1)C(=O)O. The largest absolute Gasteiger partial charge is 0.481 e. The van der Waals surface area contributed by atoms with E-state index in [1.807, 2.05) is 0 Å². The first kappa shape index (κ1) is 22.3. The first-order valence-corrected chi connectivity index (χ1v) is 10.8. The van der Waals surface area contributed by atoms with Gasteiger partial charge in [-0.3, -0.25) is 18.9 Å². The molecule has 0 radical (unpaired) electrons. The van der Waals surface area contributed by atoms with Gasteiger partial charge in [0.2, 0.25) is 7.37 Å². The maximum absolute atomic E-state index is 13.2. The highest BCUT2D eigenvalue weighted by Gasteiger charge is 2.38. The van der Waals surface area contributed by atoms with Gasteiger partial charge in [-0.15, -0.1) is 0 Å². The number of hydrogen-bond donors (Lipinski definition) is 4. The average Bonchev–Trinajstić information content (AvgIpc) is 2.70. The third kappa shape index (κ3) is 6.55. The number of amides is 1. The maximum Gasteiger partial charge on any atom is 0.307 e. The summed E-state index contributed by atoms with van der Waals surface area (Å²) in [6, 6.07) is 16.2. The van der Waals surface area contributed by atoms with Crippen LogP contribution >= 0.6 is 7.37 Å². The molecule has 3 atom stereocenters. The van der Waals surface area contributed by atoms with Crippen molar-refractivity contribution in [2.45, 2.75) is 18.6 Å². The molecule has 0 heterocycles. The van der Waals surface area contributed by atoms with Crippen LogP contribution in [0.5, 0.6) is 0 Å². The third-order valence-corrected chi connectivity index (χ3v) is 6.56. The summed E-state index contributed by atoms with van der Waals surface area (Å²) in [4.78, 5) is 45.6. The van der Waals surface area contributed by atoms with Gasteiger partial charge in [-0.1, -0.05) is 48.5 Å². The number of benzene rings is 2. The molecular formula is C20H22NO7P. The Balaban J connectivity index is 2.31. The van der Waals surface area contributed by atoms with Gasteiger partial charge in [0.1, 0.15) is 5.78 Å². The molecule has 2 aromatic carbocycles. The number of rotatable bonds is 10. The van der Waals surface area contributed by atoms with Gasteiger partial charge in [0.25, 0.3) is 5.91 Å². The Labute approximate surface area is 167 Å². The van der Waals surface area contributed by atoms with Crippen molar-refractivity contribution in [3.05, 3.63) is 71.8 Å². The Kier molecular flexibility index (Phi) is 7.70. The van der Waals surface area contributed by atoms with E-state index in [9.17, 15) is 28.9 Å². The van der Waals surface area contributed by atoms with E-state index in [-0.39, 0.29) is 12.0 Å². The first-order chi connectivity index (χ1) is 13.7. The smallest absolute Gasteiger partial charge is 0.307 e. The van der Waals surface area contributed by atoms with Crippen LogP contribution in [-0.4, -0.2) is 39.1 Å². The summed E-state index contributed by atoms with van der Waals surface area (Å²) in [5.74, 6) is -5.79. The van der Waals surface area contributed by atoms with Crippen LogP contribution in [-0.2, 0) is 14.2 Å². The fourth-order valence-electron chi connectivity index (χ4n) is 2.86. The van der Waals surface area contributed by atoms with Crippen molar-refractivity contribution < 1.29 is 34.1 Å². The summed E-state index contributed by atoms with van der Waals surface area (Å²) >= 11 is 0. The van der Waals surface area contributed by atoms with E-state index in [0.717, 1.165) is 0 Å². The van der Waals surface area contributed by atoms with Gasteiger partial charge in [0.15, 0.2) is 0 Å². The van der Waals surface area contributed by atoms with Gasteiger partial charge in [0, 0.05) is 18.1 Å². The molecule has 0 bridgehead atoms. The standard InChI is InChI=1S/C20H22NO7P/c22-17(23)12-11-16(20(25)26)13-29(27,28)19(15-9-5-2-6-10-15)21-18(24)14-7-3-1-4-8-14/h1-10,16,19H,11-13H2,(H,21,24)(H,22,23)(H,25,26)(H,27,28). The fourth-order valence-corrected chi connectivity index (χ4v) is 5.00. The van der Waals surface area contributed by atoms with Crippen LogP contribution in [0.25, 0.3) is 0 Å². The lowest BCUT2D eigenvalue weighted by Gasteiger charge is -2.26. The van der Waals surface area contributed by atoms with Crippen LogP contribution in [0.4, 0.5) is 0 Å². The third-order valence-electron chi connectivity index (χ3n) is 4.36. The number of aliphatic carboxylic acids is 2. The second-order valence-electron chi connectivity index (χ2n) is 6.56. The van der Waals surface area contributed by atoms with E-state index in [4.69, 9.17) is 5.11 Å². The second-order valence-corrected chi connectivity index (χ2v) is 8.95. The molecule has 29 heavy (non-hydrogen) atoms. The van der Waals surface area contributed by atoms with Crippen LogP contribution < -0.4 is 5.32 Å². The number of hydrogen-bond acceptors (Lipinski definition) is 4. The molecule has 2 rings (SSSR count). The van der Waals surface area contributed by atoms with Crippen molar-refractivity contribution in [2.75, 3.05) is 6.16 Å². The molecule has 0 saturated heterocycles. The molecule has 0 aliphatic rings. The monoisotopic (exact) mass is 419 g/mol. The van der Waals surface area contributed by atoms with Gasteiger partial charge < -0.3 is 20.4 Å². The number of carbonyl (C=O) groups is 3. The minimum Gasteiger partial charge on any atom is -0.481 e. The van der Waals surface area contributed by atoms with E-state index < -0.39 is 49.5 Å².